The van der Waals surface area contributed by atoms with E-state index < -0.39 is 6.04 Å². The van der Waals surface area contributed by atoms with Crippen LogP contribution in [0.5, 0.6) is 0 Å². The summed E-state index contributed by atoms with van der Waals surface area (Å²) in [5.74, 6) is -0.803. The van der Waals surface area contributed by atoms with Crippen LogP contribution in [0.15, 0.2) is 48.5 Å². The molecule has 1 aliphatic carbocycles. The molecule has 2 aliphatic heterocycles. The second-order valence-corrected chi connectivity index (χ2v) is 9.14. The zero-order valence-electron chi connectivity index (χ0n) is 18.6. The van der Waals surface area contributed by atoms with Gasteiger partial charge in [0.1, 0.15) is 6.04 Å². The smallest absolute Gasteiger partial charge is 0.255 e. The molecule has 0 aromatic heterocycles. The number of imide groups is 1. The molecule has 3 amide bonds. The van der Waals surface area contributed by atoms with Gasteiger partial charge in [0, 0.05) is 24.2 Å². The van der Waals surface area contributed by atoms with Gasteiger partial charge in [-0.1, -0.05) is 43.2 Å². The van der Waals surface area contributed by atoms with Gasteiger partial charge in [-0.25, -0.2) is 0 Å². The number of carbonyl (C=O) groups excluding carboxylic acids is 3. The maximum Gasteiger partial charge on any atom is 0.255 e. The third-order valence-corrected chi connectivity index (χ3v) is 6.89. The first-order valence-electron chi connectivity index (χ1n) is 11.8. The van der Waals surface area contributed by atoms with Crippen molar-refractivity contribution < 1.29 is 19.1 Å². The Bertz CT molecular complexity index is 1050. The standard InChI is InChI=1S/C26H29N3O4/c30-24-13-12-22(25(31)28-24)29-15-18-14-19(10-11-20(18)26(29)32)27-21-8-4-5-9-23(21)33-16-17-6-2-1-3-7-17/h1-3,6-7,10-11,14,21-23,27H,4-5,8-9,12-13,15-16H2,(H,28,30,31)/t21-,22?,23+/m1/s1. The third-order valence-electron chi connectivity index (χ3n) is 6.89. The van der Waals surface area contributed by atoms with E-state index in [2.05, 4.69) is 22.8 Å². The topological polar surface area (TPSA) is 87.7 Å². The zero-order chi connectivity index (χ0) is 22.8. The molecule has 1 unspecified atom stereocenters. The van der Waals surface area contributed by atoms with E-state index in [0.717, 1.165) is 36.9 Å². The number of hydrogen-bond acceptors (Lipinski definition) is 5. The lowest BCUT2D eigenvalue weighted by molar-refractivity contribution is -0.136. The average Bonchev–Trinajstić information content (AvgIpc) is 3.14. The van der Waals surface area contributed by atoms with Crippen LogP contribution in [0.1, 0.15) is 60.0 Å². The largest absolute Gasteiger partial charge is 0.380 e. The normalized spacial score (nSPS) is 25.0. The predicted molar refractivity (Wildman–Crippen MR) is 123 cm³/mol. The van der Waals surface area contributed by atoms with Gasteiger partial charge in [0.15, 0.2) is 0 Å². The first-order valence-corrected chi connectivity index (χ1v) is 11.8. The molecule has 0 spiro atoms. The number of nitrogens with one attached hydrogen (secondary N) is 2. The number of rotatable bonds is 6. The van der Waals surface area contributed by atoms with Gasteiger partial charge in [-0.3, -0.25) is 19.7 Å². The number of ether oxygens (including phenoxy) is 1. The molecular weight excluding hydrogens is 418 g/mol. The van der Waals surface area contributed by atoms with Crippen molar-refractivity contribution in [3.63, 3.8) is 0 Å². The van der Waals surface area contributed by atoms with E-state index in [-0.39, 0.29) is 36.3 Å². The summed E-state index contributed by atoms with van der Waals surface area (Å²) in [6.07, 6.45) is 5.16. The minimum absolute atomic E-state index is 0.133. The van der Waals surface area contributed by atoms with Crippen LogP contribution in [-0.2, 0) is 27.5 Å². The highest BCUT2D eigenvalue weighted by Crippen LogP contribution is 2.31. The van der Waals surface area contributed by atoms with Crippen LogP contribution in [0.4, 0.5) is 5.69 Å². The molecule has 2 heterocycles. The van der Waals surface area contributed by atoms with Crippen LogP contribution in [0, 0.1) is 0 Å². The molecular formula is C26H29N3O4. The molecule has 2 N–H and O–H groups in total. The van der Waals surface area contributed by atoms with Gasteiger partial charge >= 0.3 is 0 Å². The number of amides is 3. The van der Waals surface area contributed by atoms with Crippen molar-refractivity contribution in [2.24, 2.45) is 0 Å². The average molecular weight is 448 g/mol. The number of hydrogen-bond donors (Lipinski definition) is 2. The van der Waals surface area contributed by atoms with Gasteiger partial charge in [0.05, 0.1) is 18.8 Å². The number of nitrogens with zero attached hydrogens (tertiary/aromatic N) is 1. The van der Waals surface area contributed by atoms with Crippen LogP contribution in [0.3, 0.4) is 0 Å². The Morgan fingerprint density at radius 3 is 2.64 bits per heavy atom. The number of fused-ring (bicyclic) bond motifs is 1. The molecule has 7 heteroatoms. The van der Waals surface area contributed by atoms with Gasteiger partial charge in [-0.15, -0.1) is 0 Å². The highest BCUT2D eigenvalue weighted by molar-refractivity contribution is 6.05. The summed E-state index contributed by atoms with van der Waals surface area (Å²) in [7, 11) is 0. The lowest BCUT2D eigenvalue weighted by Crippen LogP contribution is -2.52. The number of anilines is 1. The van der Waals surface area contributed by atoms with Crippen LogP contribution in [-0.4, -0.2) is 40.8 Å². The van der Waals surface area contributed by atoms with Crippen molar-refractivity contribution >= 4 is 23.4 Å². The third kappa shape index (κ3) is 4.64. The highest BCUT2D eigenvalue weighted by Gasteiger charge is 2.39. The van der Waals surface area contributed by atoms with Gasteiger partial charge < -0.3 is 15.0 Å². The van der Waals surface area contributed by atoms with Crippen molar-refractivity contribution in [1.29, 1.82) is 0 Å². The van der Waals surface area contributed by atoms with E-state index in [1.54, 1.807) is 4.90 Å². The van der Waals surface area contributed by atoms with E-state index in [1.165, 1.54) is 5.56 Å². The van der Waals surface area contributed by atoms with Crippen LogP contribution < -0.4 is 10.6 Å². The molecule has 33 heavy (non-hydrogen) atoms. The summed E-state index contributed by atoms with van der Waals surface area (Å²) in [5.41, 5.74) is 3.68. The van der Waals surface area contributed by atoms with Crippen molar-refractivity contribution in [2.75, 3.05) is 5.32 Å². The van der Waals surface area contributed by atoms with Crippen LogP contribution in [0.2, 0.25) is 0 Å². The first kappa shape index (κ1) is 21.6. The van der Waals surface area contributed by atoms with Gasteiger partial charge in [-0.05, 0) is 48.6 Å². The van der Waals surface area contributed by atoms with E-state index >= 15 is 0 Å². The maximum atomic E-state index is 12.9. The number of carbonyl (C=O) groups is 3. The van der Waals surface area contributed by atoms with E-state index in [1.807, 2.05) is 36.4 Å². The molecule has 2 aromatic carbocycles. The molecule has 1 saturated heterocycles. The Kier molecular flexibility index (Phi) is 6.13. The summed E-state index contributed by atoms with van der Waals surface area (Å²) in [4.78, 5) is 38.2. The Hall–Kier alpha value is -3.19. The fraction of sp³-hybridized carbons (Fsp3) is 0.423. The Balaban J connectivity index is 1.25. The second-order valence-electron chi connectivity index (χ2n) is 9.14. The van der Waals surface area contributed by atoms with Crippen molar-refractivity contribution in [2.45, 2.75) is 69.9 Å². The Morgan fingerprint density at radius 2 is 1.82 bits per heavy atom. The quantitative estimate of drug-likeness (QED) is 0.663. The molecule has 0 radical (unpaired) electrons. The summed E-state index contributed by atoms with van der Waals surface area (Å²) in [6, 6.07) is 15.6. The highest BCUT2D eigenvalue weighted by atomic mass is 16.5. The fourth-order valence-electron chi connectivity index (χ4n) is 5.12. The molecule has 3 aliphatic rings. The minimum Gasteiger partial charge on any atom is -0.380 e. The lowest BCUT2D eigenvalue weighted by Gasteiger charge is -2.33. The minimum atomic E-state index is -0.590. The molecule has 0 bridgehead atoms. The first-order chi connectivity index (χ1) is 16.1. The summed E-state index contributed by atoms with van der Waals surface area (Å²) < 4.78 is 6.28. The lowest BCUT2D eigenvalue weighted by atomic mass is 9.92. The molecule has 5 rings (SSSR count). The van der Waals surface area contributed by atoms with E-state index in [4.69, 9.17) is 4.74 Å². The fourth-order valence-corrected chi connectivity index (χ4v) is 5.12. The molecule has 1 saturated carbocycles. The zero-order valence-corrected chi connectivity index (χ0v) is 18.6. The van der Waals surface area contributed by atoms with Crippen molar-refractivity contribution in [1.82, 2.24) is 10.2 Å². The van der Waals surface area contributed by atoms with E-state index in [0.29, 0.717) is 25.1 Å². The monoisotopic (exact) mass is 447 g/mol. The van der Waals surface area contributed by atoms with Gasteiger partial charge in [-0.2, -0.15) is 0 Å². The van der Waals surface area contributed by atoms with Crippen molar-refractivity contribution in [3.05, 3.63) is 65.2 Å². The number of piperidine rings is 1. The number of benzene rings is 2. The summed E-state index contributed by atoms with van der Waals surface area (Å²) in [5, 5.41) is 5.99. The van der Waals surface area contributed by atoms with E-state index in [9.17, 15) is 14.4 Å². The van der Waals surface area contributed by atoms with Crippen LogP contribution in [0.25, 0.3) is 0 Å². The SMILES string of the molecule is O=C1CCC(N2Cc3cc(N[C@@H]4CCCC[C@@H]4OCc4ccccc4)ccc3C2=O)C(=O)N1. The van der Waals surface area contributed by atoms with Gasteiger partial charge in [0.2, 0.25) is 11.8 Å². The molecule has 3 atom stereocenters. The Morgan fingerprint density at radius 1 is 1.00 bits per heavy atom. The summed E-state index contributed by atoms with van der Waals surface area (Å²) >= 11 is 0. The summed E-state index contributed by atoms with van der Waals surface area (Å²) in [6.45, 7) is 0.984. The maximum absolute atomic E-state index is 12.9. The van der Waals surface area contributed by atoms with Crippen molar-refractivity contribution in [3.8, 4) is 0 Å². The Labute approximate surface area is 193 Å². The molecule has 7 nitrogen and oxygen atoms in total. The van der Waals surface area contributed by atoms with Crippen LogP contribution >= 0.6 is 0 Å². The van der Waals surface area contributed by atoms with Gasteiger partial charge in [0.25, 0.3) is 5.91 Å². The predicted octanol–water partition coefficient (Wildman–Crippen LogP) is 3.39. The molecule has 2 aromatic rings. The second kappa shape index (κ2) is 9.35. The molecule has 2 fully saturated rings. The molecule has 172 valence electrons.